The van der Waals surface area contributed by atoms with Gasteiger partial charge in [-0.05, 0) is 24.3 Å². The molecule has 112 valence electrons. The molecule has 3 rings (SSSR count). The molecule has 0 aliphatic heterocycles. The van der Waals surface area contributed by atoms with Gasteiger partial charge in [0.25, 0.3) is 5.56 Å². The van der Waals surface area contributed by atoms with Crippen LogP contribution in [0, 0.1) is 0 Å². The smallest absolute Gasteiger partial charge is 0.261 e. The van der Waals surface area contributed by atoms with E-state index >= 15 is 0 Å². The summed E-state index contributed by atoms with van der Waals surface area (Å²) in [5, 5.41) is 0.613. The van der Waals surface area contributed by atoms with E-state index in [-0.39, 0.29) is 5.56 Å². The second kappa shape index (κ2) is 6.30. The number of methoxy groups -OCH3 is 1. The highest BCUT2D eigenvalue weighted by molar-refractivity contribution is 5.76. The zero-order valence-electron chi connectivity index (χ0n) is 12.2. The lowest BCUT2D eigenvalue weighted by Gasteiger charge is -2.11. The predicted molar refractivity (Wildman–Crippen MR) is 84.5 cm³/mol. The third kappa shape index (κ3) is 2.79. The summed E-state index contributed by atoms with van der Waals surface area (Å²) in [5.41, 5.74) is 0.642. The zero-order chi connectivity index (χ0) is 15.4. The molecule has 2 aromatic carbocycles. The summed E-state index contributed by atoms with van der Waals surface area (Å²) in [6, 6.07) is 14.7. The summed E-state index contributed by atoms with van der Waals surface area (Å²) in [7, 11) is 1.60. The number of hydrogen-bond acceptors (Lipinski definition) is 4. The minimum atomic E-state index is -0.0609. The molecule has 5 nitrogen and oxygen atoms in total. The van der Waals surface area contributed by atoms with Crippen molar-refractivity contribution in [2.75, 3.05) is 13.7 Å². The molecule has 1 heterocycles. The van der Waals surface area contributed by atoms with E-state index in [9.17, 15) is 4.79 Å². The van der Waals surface area contributed by atoms with E-state index in [1.807, 2.05) is 42.5 Å². The largest absolute Gasteiger partial charge is 0.493 e. The summed E-state index contributed by atoms with van der Waals surface area (Å²) in [6.07, 6.45) is 1.55. The van der Waals surface area contributed by atoms with Gasteiger partial charge in [-0.1, -0.05) is 24.3 Å². The molecule has 0 atom stereocenters. The van der Waals surface area contributed by atoms with Crippen molar-refractivity contribution in [1.82, 2.24) is 9.55 Å². The third-order valence-corrected chi connectivity index (χ3v) is 3.39. The Hall–Kier alpha value is -2.82. The fourth-order valence-corrected chi connectivity index (χ4v) is 2.26. The Morgan fingerprint density at radius 2 is 1.77 bits per heavy atom. The van der Waals surface area contributed by atoms with E-state index in [1.54, 1.807) is 24.1 Å². The first-order chi connectivity index (χ1) is 10.8. The topological polar surface area (TPSA) is 53.4 Å². The monoisotopic (exact) mass is 296 g/mol. The van der Waals surface area contributed by atoms with Gasteiger partial charge in [0.05, 0.1) is 30.9 Å². The molecule has 0 saturated heterocycles. The van der Waals surface area contributed by atoms with Crippen LogP contribution in [0.1, 0.15) is 0 Å². The van der Waals surface area contributed by atoms with Crippen LogP contribution in [0.25, 0.3) is 10.9 Å². The molecule has 0 bridgehead atoms. The van der Waals surface area contributed by atoms with Crippen LogP contribution in [-0.2, 0) is 6.54 Å². The van der Waals surface area contributed by atoms with Crippen molar-refractivity contribution in [3.8, 4) is 11.5 Å². The first kappa shape index (κ1) is 14.1. The molecule has 0 unspecified atom stereocenters. The van der Waals surface area contributed by atoms with Crippen LogP contribution in [0.15, 0.2) is 59.7 Å². The molecule has 0 aliphatic rings. The van der Waals surface area contributed by atoms with Crippen molar-refractivity contribution < 1.29 is 9.47 Å². The molecular weight excluding hydrogens is 280 g/mol. The first-order valence-corrected chi connectivity index (χ1v) is 6.99. The van der Waals surface area contributed by atoms with Gasteiger partial charge >= 0.3 is 0 Å². The molecule has 0 radical (unpaired) electrons. The van der Waals surface area contributed by atoms with Crippen LogP contribution < -0.4 is 15.0 Å². The van der Waals surface area contributed by atoms with Gasteiger partial charge in [-0.2, -0.15) is 0 Å². The Labute approximate surface area is 127 Å². The van der Waals surface area contributed by atoms with Gasteiger partial charge in [0.15, 0.2) is 11.5 Å². The number of aromatic nitrogens is 2. The van der Waals surface area contributed by atoms with Crippen molar-refractivity contribution >= 4 is 10.9 Å². The number of benzene rings is 2. The standard InChI is InChI=1S/C17H16N2O3/c1-21-15-8-4-5-9-16(15)22-11-10-19-12-18-14-7-3-2-6-13(14)17(19)20/h2-9,12H,10-11H2,1H3. The SMILES string of the molecule is COc1ccccc1OCCn1cnc2ccccc2c1=O. The van der Waals surface area contributed by atoms with Crippen molar-refractivity contribution in [3.63, 3.8) is 0 Å². The number of rotatable bonds is 5. The van der Waals surface area contributed by atoms with Gasteiger partial charge in [-0.25, -0.2) is 4.98 Å². The van der Waals surface area contributed by atoms with Crippen LogP contribution >= 0.6 is 0 Å². The third-order valence-electron chi connectivity index (χ3n) is 3.39. The molecule has 3 aromatic rings. The highest BCUT2D eigenvalue weighted by Crippen LogP contribution is 2.25. The van der Waals surface area contributed by atoms with Crippen LogP contribution in [-0.4, -0.2) is 23.3 Å². The highest BCUT2D eigenvalue weighted by Gasteiger charge is 2.05. The lowest BCUT2D eigenvalue weighted by molar-refractivity contribution is 0.278. The summed E-state index contributed by atoms with van der Waals surface area (Å²) < 4.78 is 12.5. The van der Waals surface area contributed by atoms with Gasteiger partial charge in [0, 0.05) is 0 Å². The Balaban J connectivity index is 1.74. The lowest BCUT2D eigenvalue weighted by atomic mass is 10.2. The maximum atomic E-state index is 12.3. The van der Waals surface area contributed by atoms with Crippen LogP contribution in [0.5, 0.6) is 11.5 Å². The zero-order valence-corrected chi connectivity index (χ0v) is 12.2. The van der Waals surface area contributed by atoms with Crippen LogP contribution in [0.3, 0.4) is 0 Å². The molecule has 22 heavy (non-hydrogen) atoms. The number of para-hydroxylation sites is 3. The maximum absolute atomic E-state index is 12.3. The number of fused-ring (bicyclic) bond motifs is 1. The molecule has 0 N–H and O–H groups in total. The number of nitrogens with zero attached hydrogens (tertiary/aromatic N) is 2. The van der Waals surface area contributed by atoms with Gasteiger partial charge in [-0.3, -0.25) is 9.36 Å². The Morgan fingerprint density at radius 1 is 1.05 bits per heavy atom. The maximum Gasteiger partial charge on any atom is 0.261 e. The van der Waals surface area contributed by atoms with Crippen molar-refractivity contribution in [2.24, 2.45) is 0 Å². The highest BCUT2D eigenvalue weighted by atomic mass is 16.5. The first-order valence-electron chi connectivity index (χ1n) is 6.99. The predicted octanol–water partition coefficient (Wildman–Crippen LogP) is 2.48. The van der Waals surface area contributed by atoms with E-state index < -0.39 is 0 Å². The molecule has 5 heteroatoms. The van der Waals surface area contributed by atoms with Crippen molar-refractivity contribution in [3.05, 3.63) is 65.2 Å². The van der Waals surface area contributed by atoms with E-state index in [0.717, 1.165) is 0 Å². The molecular formula is C17H16N2O3. The van der Waals surface area contributed by atoms with Gasteiger partial charge in [-0.15, -0.1) is 0 Å². The van der Waals surface area contributed by atoms with E-state index in [4.69, 9.17) is 9.47 Å². The molecule has 0 fully saturated rings. The lowest BCUT2D eigenvalue weighted by Crippen LogP contribution is -2.23. The summed E-state index contributed by atoms with van der Waals surface area (Å²) in [4.78, 5) is 16.6. The number of ether oxygens (including phenoxy) is 2. The molecule has 0 amide bonds. The minimum Gasteiger partial charge on any atom is -0.493 e. The van der Waals surface area contributed by atoms with Crippen LogP contribution in [0.4, 0.5) is 0 Å². The summed E-state index contributed by atoms with van der Waals surface area (Å²) in [6.45, 7) is 0.787. The Morgan fingerprint density at radius 3 is 2.59 bits per heavy atom. The molecule has 0 saturated carbocycles. The summed E-state index contributed by atoms with van der Waals surface area (Å²) >= 11 is 0. The second-order valence-electron chi connectivity index (χ2n) is 4.76. The average molecular weight is 296 g/mol. The Kier molecular flexibility index (Phi) is 4.05. The van der Waals surface area contributed by atoms with E-state index in [0.29, 0.717) is 35.6 Å². The molecule has 0 aliphatic carbocycles. The fraction of sp³-hybridized carbons (Fsp3) is 0.176. The van der Waals surface area contributed by atoms with Crippen molar-refractivity contribution in [2.45, 2.75) is 6.54 Å². The van der Waals surface area contributed by atoms with E-state index in [2.05, 4.69) is 4.98 Å². The quantitative estimate of drug-likeness (QED) is 0.726. The van der Waals surface area contributed by atoms with Gasteiger partial charge < -0.3 is 9.47 Å². The fourth-order valence-electron chi connectivity index (χ4n) is 2.26. The Bertz CT molecular complexity index is 842. The molecule has 1 aromatic heterocycles. The summed E-state index contributed by atoms with van der Waals surface area (Å²) in [5.74, 6) is 1.33. The van der Waals surface area contributed by atoms with E-state index in [1.165, 1.54) is 0 Å². The normalized spacial score (nSPS) is 10.6. The minimum absolute atomic E-state index is 0.0609. The molecule has 0 spiro atoms. The average Bonchev–Trinajstić information content (AvgIpc) is 2.57. The number of hydrogen-bond donors (Lipinski definition) is 0. The van der Waals surface area contributed by atoms with Crippen LogP contribution in [0.2, 0.25) is 0 Å². The van der Waals surface area contributed by atoms with Gasteiger partial charge in [0.1, 0.15) is 6.61 Å². The van der Waals surface area contributed by atoms with Crippen molar-refractivity contribution in [1.29, 1.82) is 0 Å². The van der Waals surface area contributed by atoms with Gasteiger partial charge in [0.2, 0.25) is 0 Å². The second-order valence-corrected chi connectivity index (χ2v) is 4.76.